The molecule has 2 atom stereocenters. The van der Waals surface area contributed by atoms with Gasteiger partial charge in [0.25, 0.3) is 0 Å². The van der Waals surface area contributed by atoms with Gasteiger partial charge in [0, 0.05) is 6.42 Å². The van der Waals surface area contributed by atoms with Crippen molar-refractivity contribution >= 4 is 0 Å². The summed E-state index contributed by atoms with van der Waals surface area (Å²) in [5.74, 6) is 1.42. The van der Waals surface area contributed by atoms with E-state index >= 15 is 0 Å². The predicted molar refractivity (Wildman–Crippen MR) is 80.9 cm³/mol. The van der Waals surface area contributed by atoms with Crippen LogP contribution in [0.3, 0.4) is 0 Å². The van der Waals surface area contributed by atoms with Gasteiger partial charge in [0.05, 0.1) is 6.07 Å². The molecule has 1 saturated carbocycles. The Kier molecular flexibility index (Phi) is 4.35. The smallest absolute Gasteiger partial charge is 0.123 e. The Hall–Kier alpha value is -1.53. The topological polar surface area (TPSA) is 45.0 Å². The summed E-state index contributed by atoms with van der Waals surface area (Å²) in [5.41, 5.74) is 2.05. The van der Waals surface area contributed by atoms with Crippen LogP contribution >= 0.6 is 0 Å². The molecule has 3 nitrogen and oxygen atoms in total. The lowest BCUT2D eigenvalue weighted by Crippen LogP contribution is -2.39. The Labute approximate surface area is 121 Å². The molecule has 0 bridgehead atoms. The summed E-state index contributed by atoms with van der Waals surface area (Å²) in [4.78, 5) is 0. The zero-order valence-electron chi connectivity index (χ0n) is 12.9. The second-order valence-electron chi connectivity index (χ2n) is 6.12. The molecule has 0 radical (unpaired) electrons. The molecule has 0 heterocycles. The minimum Gasteiger partial charge on any atom is -0.490 e. The van der Waals surface area contributed by atoms with Crippen molar-refractivity contribution in [3.8, 4) is 11.8 Å². The molecule has 1 aliphatic carbocycles. The Balaban J connectivity index is 2.16. The molecule has 0 aliphatic heterocycles. The van der Waals surface area contributed by atoms with E-state index in [0.717, 1.165) is 25.0 Å². The molecule has 20 heavy (non-hydrogen) atoms. The van der Waals surface area contributed by atoms with Gasteiger partial charge in [0.1, 0.15) is 17.4 Å². The Bertz CT molecular complexity index is 518. The highest BCUT2D eigenvalue weighted by Crippen LogP contribution is 2.35. The van der Waals surface area contributed by atoms with Crippen LogP contribution < -0.4 is 10.1 Å². The van der Waals surface area contributed by atoms with E-state index in [9.17, 15) is 5.26 Å². The third kappa shape index (κ3) is 2.96. The van der Waals surface area contributed by atoms with Gasteiger partial charge in [-0.15, -0.1) is 0 Å². The molecule has 0 aromatic heterocycles. The average molecular weight is 272 g/mol. The van der Waals surface area contributed by atoms with E-state index in [-0.39, 0.29) is 6.10 Å². The summed E-state index contributed by atoms with van der Waals surface area (Å²) < 4.78 is 6.22. The summed E-state index contributed by atoms with van der Waals surface area (Å²) in [5, 5.41) is 12.5. The SMILES string of the molecule is CNC1(C#N)CCC(Oc2cc(C)ccc2C(C)C)C1. The van der Waals surface area contributed by atoms with Crippen LogP contribution in [0.1, 0.15) is 50.2 Å². The van der Waals surface area contributed by atoms with Crippen LogP contribution in [0, 0.1) is 18.3 Å². The highest BCUT2D eigenvalue weighted by Gasteiger charge is 2.39. The third-order valence-corrected chi connectivity index (χ3v) is 4.25. The summed E-state index contributed by atoms with van der Waals surface area (Å²) in [6.45, 7) is 6.44. The van der Waals surface area contributed by atoms with Crippen LogP contribution in [0.25, 0.3) is 0 Å². The van der Waals surface area contributed by atoms with Gasteiger partial charge in [-0.1, -0.05) is 26.0 Å². The number of aryl methyl sites for hydroxylation is 1. The number of nitrogens with one attached hydrogen (secondary N) is 1. The van der Waals surface area contributed by atoms with Gasteiger partial charge >= 0.3 is 0 Å². The van der Waals surface area contributed by atoms with Crippen LogP contribution in [-0.2, 0) is 0 Å². The minimum atomic E-state index is -0.410. The van der Waals surface area contributed by atoms with E-state index < -0.39 is 5.54 Å². The molecule has 108 valence electrons. The fourth-order valence-electron chi connectivity index (χ4n) is 2.89. The van der Waals surface area contributed by atoms with E-state index in [2.05, 4.69) is 50.4 Å². The molecule has 1 aromatic carbocycles. The standard InChI is InChI=1S/C17H24N2O/c1-12(2)15-6-5-13(3)9-16(15)20-14-7-8-17(10-14,11-18)19-4/h5-6,9,12,14,19H,7-8,10H2,1-4H3. The van der Waals surface area contributed by atoms with Gasteiger partial charge in [-0.2, -0.15) is 5.26 Å². The van der Waals surface area contributed by atoms with Crippen LogP contribution in [0.15, 0.2) is 18.2 Å². The van der Waals surface area contributed by atoms with Gasteiger partial charge in [-0.05, 0) is 49.9 Å². The number of hydrogen-bond acceptors (Lipinski definition) is 3. The first-order chi connectivity index (χ1) is 9.49. The number of nitriles is 1. The van der Waals surface area contributed by atoms with E-state index in [1.54, 1.807) is 0 Å². The second kappa shape index (κ2) is 5.85. The van der Waals surface area contributed by atoms with Crippen molar-refractivity contribution in [3.05, 3.63) is 29.3 Å². The van der Waals surface area contributed by atoms with Gasteiger partial charge in [0.2, 0.25) is 0 Å². The highest BCUT2D eigenvalue weighted by atomic mass is 16.5. The Morgan fingerprint density at radius 3 is 2.75 bits per heavy atom. The lowest BCUT2D eigenvalue weighted by Gasteiger charge is -2.22. The monoisotopic (exact) mass is 272 g/mol. The maximum atomic E-state index is 9.32. The summed E-state index contributed by atoms with van der Waals surface area (Å²) in [6, 6.07) is 8.79. The molecule has 0 saturated heterocycles. The summed E-state index contributed by atoms with van der Waals surface area (Å²) in [7, 11) is 1.86. The number of benzene rings is 1. The summed E-state index contributed by atoms with van der Waals surface area (Å²) in [6.07, 6.45) is 2.67. The lowest BCUT2D eigenvalue weighted by molar-refractivity contribution is 0.199. The first-order valence-corrected chi connectivity index (χ1v) is 7.37. The Morgan fingerprint density at radius 2 is 2.20 bits per heavy atom. The molecule has 1 aromatic rings. The van der Waals surface area contributed by atoms with Crippen molar-refractivity contribution in [2.45, 2.75) is 57.6 Å². The summed E-state index contributed by atoms with van der Waals surface area (Å²) >= 11 is 0. The first kappa shape index (κ1) is 14.9. The van der Waals surface area contributed by atoms with Crippen molar-refractivity contribution in [3.63, 3.8) is 0 Å². The zero-order valence-corrected chi connectivity index (χ0v) is 12.9. The Morgan fingerprint density at radius 1 is 1.45 bits per heavy atom. The zero-order chi connectivity index (χ0) is 14.8. The normalized spacial score (nSPS) is 25.7. The first-order valence-electron chi connectivity index (χ1n) is 7.37. The highest BCUT2D eigenvalue weighted by molar-refractivity contribution is 5.39. The molecule has 3 heteroatoms. The van der Waals surface area contributed by atoms with E-state index in [1.807, 2.05) is 7.05 Å². The van der Waals surface area contributed by atoms with E-state index in [4.69, 9.17) is 4.74 Å². The largest absolute Gasteiger partial charge is 0.490 e. The molecular weight excluding hydrogens is 248 g/mol. The van der Waals surface area contributed by atoms with E-state index in [1.165, 1.54) is 11.1 Å². The van der Waals surface area contributed by atoms with Gasteiger partial charge < -0.3 is 10.1 Å². The van der Waals surface area contributed by atoms with Crippen LogP contribution in [0.2, 0.25) is 0 Å². The van der Waals surface area contributed by atoms with Crippen molar-refractivity contribution in [1.82, 2.24) is 5.32 Å². The second-order valence-corrected chi connectivity index (χ2v) is 6.12. The van der Waals surface area contributed by atoms with Gasteiger partial charge in [0.15, 0.2) is 0 Å². The van der Waals surface area contributed by atoms with Crippen LogP contribution in [0.5, 0.6) is 5.75 Å². The number of hydrogen-bond donors (Lipinski definition) is 1. The molecule has 1 N–H and O–H groups in total. The van der Waals surface area contributed by atoms with Crippen molar-refractivity contribution < 1.29 is 4.74 Å². The molecular formula is C17H24N2O. The fraction of sp³-hybridized carbons (Fsp3) is 0.588. The van der Waals surface area contributed by atoms with Gasteiger partial charge in [-0.25, -0.2) is 0 Å². The van der Waals surface area contributed by atoms with E-state index in [0.29, 0.717) is 5.92 Å². The molecule has 0 amide bonds. The minimum absolute atomic E-state index is 0.126. The average Bonchev–Trinajstić information content (AvgIpc) is 2.82. The molecule has 1 fully saturated rings. The third-order valence-electron chi connectivity index (χ3n) is 4.25. The number of rotatable bonds is 4. The quantitative estimate of drug-likeness (QED) is 0.912. The van der Waals surface area contributed by atoms with Crippen molar-refractivity contribution in [2.24, 2.45) is 0 Å². The van der Waals surface area contributed by atoms with Crippen LogP contribution in [-0.4, -0.2) is 18.7 Å². The van der Waals surface area contributed by atoms with Crippen molar-refractivity contribution in [1.29, 1.82) is 5.26 Å². The number of nitrogens with zero attached hydrogens (tertiary/aromatic N) is 1. The predicted octanol–water partition coefficient (Wildman–Crippen LogP) is 3.53. The maximum absolute atomic E-state index is 9.32. The van der Waals surface area contributed by atoms with Crippen LogP contribution in [0.4, 0.5) is 0 Å². The number of ether oxygens (including phenoxy) is 1. The maximum Gasteiger partial charge on any atom is 0.123 e. The molecule has 1 aliphatic rings. The molecule has 0 spiro atoms. The van der Waals surface area contributed by atoms with Crippen molar-refractivity contribution in [2.75, 3.05) is 7.05 Å². The fourth-order valence-corrected chi connectivity index (χ4v) is 2.89. The lowest BCUT2D eigenvalue weighted by atomic mass is 10.00. The van der Waals surface area contributed by atoms with Gasteiger partial charge in [-0.3, -0.25) is 0 Å². The molecule has 2 unspecified atom stereocenters. The molecule has 2 rings (SSSR count).